The Bertz CT molecular complexity index is 708. The highest BCUT2D eigenvalue weighted by atomic mass is 35.5. The zero-order chi connectivity index (χ0) is 18.6. The van der Waals surface area contributed by atoms with Crippen molar-refractivity contribution in [3.8, 4) is 0 Å². The summed E-state index contributed by atoms with van der Waals surface area (Å²) in [5.41, 5.74) is 2.37. The molecule has 2 aromatic rings. The zero-order valence-electron chi connectivity index (χ0n) is 15.1. The summed E-state index contributed by atoms with van der Waals surface area (Å²) in [4.78, 5) is 0. The number of nitrogens with one attached hydrogen (secondary N) is 1. The molecule has 2 aromatic carbocycles. The fourth-order valence-corrected chi connectivity index (χ4v) is 3.70. The van der Waals surface area contributed by atoms with Gasteiger partial charge < -0.3 is 0 Å². The lowest BCUT2D eigenvalue weighted by Gasteiger charge is -2.28. The number of hydrogen-bond donors (Lipinski definition) is 1. The molecule has 0 saturated heterocycles. The van der Waals surface area contributed by atoms with E-state index in [0.717, 1.165) is 11.4 Å². The first kappa shape index (κ1) is 20.4. The lowest BCUT2D eigenvalue weighted by Crippen LogP contribution is -2.41. The molecule has 3 atom stereocenters. The smallest absolute Gasteiger partial charge is 0.0972 e. The highest BCUT2D eigenvalue weighted by molar-refractivity contribution is 7.84. The van der Waals surface area contributed by atoms with Gasteiger partial charge in [0.1, 0.15) is 0 Å². The molecule has 2 nitrogen and oxygen atoms in total. The molecule has 0 saturated carbocycles. The van der Waals surface area contributed by atoms with Crippen LogP contribution >= 0.6 is 23.2 Å². The summed E-state index contributed by atoms with van der Waals surface area (Å²) in [5.74, 6) is 0.171. The molecule has 0 fully saturated rings. The van der Waals surface area contributed by atoms with E-state index in [-0.39, 0.29) is 16.7 Å². The Morgan fingerprint density at radius 3 is 1.92 bits per heavy atom. The van der Waals surface area contributed by atoms with Gasteiger partial charge in [-0.05, 0) is 69.5 Å². The van der Waals surface area contributed by atoms with E-state index in [2.05, 4.69) is 11.6 Å². The van der Waals surface area contributed by atoms with Gasteiger partial charge in [0.25, 0.3) is 0 Å². The van der Waals surface area contributed by atoms with E-state index in [9.17, 15) is 4.21 Å². The number of hydrogen-bond acceptors (Lipinski definition) is 1. The Kier molecular flexibility index (Phi) is 7.10. The van der Waals surface area contributed by atoms with E-state index in [1.54, 1.807) is 0 Å². The predicted molar refractivity (Wildman–Crippen MR) is 110 cm³/mol. The van der Waals surface area contributed by atoms with Crippen molar-refractivity contribution >= 4 is 34.2 Å². The fourth-order valence-electron chi connectivity index (χ4n) is 2.60. The van der Waals surface area contributed by atoms with Gasteiger partial charge in [-0.3, -0.25) is 0 Å². The van der Waals surface area contributed by atoms with Crippen molar-refractivity contribution in [3.05, 3.63) is 69.7 Å². The molecule has 0 aromatic heterocycles. The van der Waals surface area contributed by atoms with Crippen LogP contribution in [-0.2, 0) is 17.4 Å². The van der Waals surface area contributed by atoms with Gasteiger partial charge in [-0.1, -0.05) is 47.5 Å². The maximum absolute atomic E-state index is 12.5. The van der Waals surface area contributed by atoms with Gasteiger partial charge in [0.2, 0.25) is 0 Å². The minimum Gasteiger partial charge on any atom is -0.242 e. The highest BCUT2D eigenvalue weighted by Crippen LogP contribution is 2.27. The van der Waals surface area contributed by atoms with Crippen LogP contribution in [0.4, 0.5) is 0 Å². The maximum atomic E-state index is 12.5. The van der Waals surface area contributed by atoms with E-state index < -0.39 is 11.0 Å². The largest absolute Gasteiger partial charge is 0.242 e. The first-order chi connectivity index (χ1) is 11.7. The molecule has 0 spiro atoms. The Balaban J connectivity index is 2.26. The third-order valence-electron chi connectivity index (χ3n) is 4.12. The summed E-state index contributed by atoms with van der Waals surface area (Å²) in [6, 6.07) is 15.8. The first-order valence-corrected chi connectivity index (χ1v) is 10.3. The van der Waals surface area contributed by atoms with Crippen molar-refractivity contribution in [2.24, 2.45) is 0 Å². The SMILES string of the molecule is CC(NS(=O)C(C)(C)C)C(Cc1ccc(Cl)cc1)c1ccc(Cl)cc1. The highest BCUT2D eigenvalue weighted by Gasteiger charge is 2.26. The summed E-state index contributed by atoms with van der Waals surface area (Å²) in [5, 5.41) is 1.44. The number of rotatable bonds is 6. The Morgan fingerprint density at radius 2 is 1.44 bits per heavy atom. The molecule has 0 aliphatic rings. The van der Waals surface area contributed by atoms with Crippen LogP contribution in [0.2, 0.25) is 10.0 Å². The van der Waals surface area contributed by atoms with Gasteiger partial charge >= 0.3 is 0 Å². The minimum atomic E-state index is -1.12. The van der Waals surface area contributed by atoms with Crippen LogP contribution in [0, 0.1) is 0 Å². The van der Waals surface area contributed by atoms with E-state index in [4.69, 9.17) is 23.2 Å². The monoisotopic (exact) mass is 397 g/mol. The van der Waals surface area contributed by atoms with Crippen molar-refractivity contribution in [3.63, 3.8) is 0 Å². The van der Waals surface area contributed by atoms with Crippen molar-refractivity contribution in [1.82, 2.24) is 4.72 Å². The molecule has 136 valence electrons. The Labute approximate surface area is 163 Å². The van der Waals surface area contributed by atoms with Crippen molar-refractivity contribution in [2.45, 2.75) is 50.8 Å². The summed E-state index contributed by atoms with van der Waals surface area (Å²) < 4.78 is 15.5. The molecule has 3 unspecified atom stereocenters. The van der Waals surface area contributed by atoms with Crippen LogP contribution in [0.5, 0.6) is 0 Å². The third kappa shape index (κ3) is 6.10. The molecule has 0 radical (unpaired) electrons. The standard InChI is InChI=1S/C20H25Cl2NOS/c1-14(23-25(24)20(2,3)4)19(16-7-11-18(22)12-8-16)13-15-5-9-17(21)10-6-15/h5-12,14,19,23H,13H2,1-4H3. The van der Waals surface area contributed by atoms with Crippen LogP contribution in [-0.4, -0.2) is 15.0 Å². The molecule has 0 aliphatic heterocycles. The van der Waals surface area contributed by atoms with Crippen LogP contribution in [0.3, 0.4) is 0 Å². The average Bonchev–Trinajstić information content (AvgIpc) is 2.54. The van der Waals surface area contributed by atoms with Crippen molar-refractivity contribution in [2.75, 3.05) is 0 Å². The average molecular weight is 398 g/mol. The molecule has 0 aliphatic carbocycles. The number of halogens is 2. The Morgan fingerprint density at radius 1 is 0.960 bits per heavy atom. The lowest BCUT2D eigenvalue weighted by molar-refractivity contribution is 0.519. The van der Waals surface area contributed by atoms with Crippen LogP contribution in [0.25, 0.3) is 0 Å². The van der Waals surface area contributed by atoms with E-state index in [0.29, 0.717) is 5.02 Å². The molecule has 0 amide bonds. The molecule has 5 heteroatoms. The predicted octanol–water partition coefficient (Wildman–Crippen LogP) is 5.76. The van der Waals surface area contributed by atoms with E-state index in [1.807, 2.05) is 69.3 Å². The molecule has 1 N–H and O–H groups in total. The second-order valence-electron chi connectivity index (χ2n) is 7.28. The maximum Gasteiger partial charge on any atom is 0.0972 e. The van der Waals surface area contributed by atoms with Crippen LogP contribution < -0.4 is 4.72 Å². The zero-order valence-corrected chi connectivity index (χ0v) is 17.4. The third-order valence-corrected chi connectivity index (χ3v) is 6.32. The van der Waals surface area contributed by atoms with E-state index in [1.165, 1.54) is 11.1 Å². The molecule has 0 heterocycles. The Hall–Kier alpha value is -0.870. The summed E-state index contributed by atoms with van der Waals surface area (Å²) >= 11 is 12.0. The van der Waals surface area contributed by atoms with Gasteiger partial charge in [0, 0.05) is 22.0 Å². The number of benzene rings is 2. The van der Waals surface area contributed by atoms with Gasteiger partial charge in [-0.15, -0.1) is 0 Å². The topological polar surface area (TPSA) is 29.1 Å². The second kappa shape index (κ2) is 8.68. The molecule has 25 heavy (non-hydrogen) atoms. The first-order valence-electron chi connectivity index (χ1n) is 8.35. The fraction of sp³-hybridized carbons (Fsp3) is 0.400. The second-order valence-corrected chi connectivity index (χ2v) is 10.1. The molecular weight excluding hydrogens is 373 g/mol. The van der Waals surface area contributed by atoms with Gasteiger partial charge in [-0.25, -0.2) is 8.93 Å². The van der Waals surface area contributed by atoms with Gasteiger partial charge in [0.05, 0.1) is 15.7 Å². The van der Waals surface area contributed by atoms with E-state index >= 15 is 0 Å². The summed E-state index contributed by atoms with van der Waals surface area (Å²) in [6.07, 6.45) is 0.828. The van der Waals surface area contributed by atoms with Crippen molar-refractivity contribution in [1.29, 1.82) is 0 Å². The summed E-state index contributed by atoms with van der Waals surface area (Å²) in [6.45, 7) is 8.00. The van der Waals surface area contributed by atoms with Gasteiger partial charge in [0.15, 0.2) is 0 Å². The van der Waals surface area contributed by atoms with Gasteiger partial charge in [-0.2, -0.15) is 0 Å². The lowest BCUT2D eigenvalue weighted by atomic mass is 9.87. The molecule has 2 rings (SSSR count). The summed E-state index contributed by atoms with van der Waals surface area (Å²) in [7, 11) is -1.12. The van der Waals surface area contributed by atoms with Crippen LogP contribution in [0.15, 0.2) is 48.5 Å². The molecular formula is C20H25Cl2NOS. The van der Waals surface area contributed by atoms with Crippen LogP contribution in [0.1, 0.15) is 44.7 Å². The normalized spacial score (nSPS) is 15.6. The van der Waals surface area contributed by atoms with Crippen molar-refractivity contribution < 1.29 is 4.21 Å². The quantitative estimate of drug-likeness (QED) is 0.659. The minimum absolute atomic E-state index is 0.0388. The molecule has 0 bridgehead atoms.